The first-order valence-electron chi connectivity index (χ1n) is 6.26. The van der Waals surface area contributed by atoms with E-state index in [1.54, 1.807) is 18.7 Å². The summed E-state index contributed by atoms with van der Waals surface area (Å²) in [6.45, 7) is 5.95. The minimum atomic E-state index is -0.144. The summed E-state index contributed by atoms with van der Waals surface area (Å²) in [5.41, 5.74) is 10.5. The van der Waals surface area contributed by atoms with Gasteiger partial charge in [0, 0.05) is 25.2 Å². The summed E-state index contributed by atoms with van der Waals surface area (Å²) in [6.07, 6.45) is 0. The van der Waals surface area contributed by atoms with Crippen LogP contribution in [-0.2, 0) is 14.1 Å². The molecule has 0 saturated heterocycles. The highest BCUT2D eigenvalue weighted by Gasteiger charge is 2.18. The van der Waals surface area contributed by atoms with E-state index in [1.165, 1.54) is 4.68 Å². The van der Waals surface area contributed by atoms with Crippen molar-refractivity contribution in [1.29, 1.82) is 0 Å². The number of aromatic nitrogens is 3. The molecule has 1 aromatic carbocycles. The summed E-state index contributed by atoms with van der Waals surface area (Å²) in [4.78, 5) is 12.3. The van der Waals surface area contributed by atoms with E-state index in [9.17, 15) is 4.79 Å². The average molecular weight is 290 g/mol. The fourth-order valence-electron chi connectivity index (χ4n) is 2.46. The fraction of sp³-hybridized carbons (Fsp3) is 0.357. The molecule has 2 rings (SSSR count). The lowest BCUT2D eigenvalue weighted by molar-refractivity contribution is 0.714. The maximum Gasteiger partial charge on any atom is 0.345 e. The van der Waals surface area contributed by atoms with Gasteiger partial charge in [0.25, 0.3) is 0 Å². The lowest BCUT2D eigenvalue weighted by Crippen LogP contribution is -2.20. The Labute approximate surface area is 123 Å². The van der Waals surface area contributed by atoms with Crippen molar-refractivity contribution < 1.29 is 0 Å². The van der Waals surface area contributed by atoms with Gasteiger partial charge < -0.3 is 5.73 Å². The molecule has 106 valence electrons. The second kappa shape index (κ2) is 4.86. The third-order valence-corrected chi connectivity index (χ3v) is 3.93. The Bertz CT molecular complexity index is 770. The Hall–Kier alpha value is -1.95. The van der Waals surface area contributed by atoms with Gasteiger partial charge in [0.2, 0.25) is 0 Å². The lowest BCUT2D eigenvalue weighted by atomic mass is 9.93. The van der Waals surface area contributed by atoms with Crippen molar-refractivity contribution in [2.24, 2.45) is 19.8 Å². The Morgan fingerprint density at radius 2 is 1.85 bits per heavy atom. The molecule has 0 aliphatic rings. The van der Waals surface area contributed by atoms with Crippen LogP contribution in [0.5, 0.6) is 0 Å². The van der Waals surface area contributed by atoms with Crippen molar-refractivity contribution in [3.8, 4) is 11.4 Å². The summed E-state index contributed by atoms with van der Waals surface area (Å²) in [6, 6.07) is 1.96. The van der Waals surface area contributed by atoms with E-state index in [2.05, 4.69) is 5.10 Å². The molecule has 0 unspecified atom stereocenters. The predicted molar refractivity (Wildman–Crippen MR) is 84.0 cm³/mol. The molecule has 20 heavy (non-hydrogen) atoms. The zero-order chi connectivity index (χ0) is 15.2. The normalized spacial score (nSPS) is 10.8. The van der Waals surface area contributed by atoms with E-state index < -0.39 is 0 Å². The van der Waals surface area contributed by atoms with Gasteiger partial charge in [-0.25, -0.2) is 9.48 Å². The summed E-state index contributed by atoms with van der Waals surface area (Å²) < 4.78 is 2.89. The zero-order valence-corrected chi connectivity index (χ0v) is 13.1. The van der Waals surface area contributed by atoms with E-state index in [0.717, 1.165) is 27.8 Å². The standard InChI is InChI=1S/C14H18N4OS/c1-7-6-10(12(15)20)8(2)9(3)11(7)13-16-18(5)14(19)17(13)4/h6H,1-5H3,(H2,15,20). The fourth-order valence-corrected chi connectivity index (χ4v) is 2.67. The molecule has 0 amide bonds. The van der Waals surface area contributed by atoms with E-state index in [0.29, 0.717) is 10.8 Å². The minimum Gasteiger partial charge on any atom is -0.389 e. The van der Waals surface area contributed by atoms with Crippen molar-refractivity contribution in [1.82, 2.24) is 14.3 Å². The molecule has 0 bridgehead atoms. The van der Waals surface area contributed by atoms with Crippen LogP contribution in [0, 0.1) is 20.8 Å². The van der Waals surface area contributed by atoms with Gasteiger partial charge in [-0.1, -0.05) is 12.2 Å². The van der Waals surface area contributed by atoms with Gasteiger partial charge in [0.1, 0.15) is 4.99 Å². The Balaban J connectivity index is 2.82. The number of benzene rings is 1. The van der Waals surface area contributed by atoms with E-state index in [-0.39, 0.29) is 5.69 Å². The van der Waals surface area contributed by atoms with Gasteiger partial charge in [-0.05, 0) is 43.5 Å². The Morgan fingerprint density at radius 3 is 2.30 bits per heavy atom. The molecule has 2 aromatic rings. The number of hydrogen-bond donors (Lipinski definition) is 1. The minimum absolute atomic E-state index is 0.144. The number of rotatable bonds is 2. The molecule has 0 saturated carbocycles. The Morgan fingerprint density at radius 1 is 1.25 bits per heavy atom. The molecule has 6 heteroatoms. The van der Waals surface area contributed by atoms with Crippen LogP contribution in [0.1, 0.15) is 22.3 Å². The van der Waals surface area contributed by atoms with Gasteiger partial charge in [-0.15, -0.1) is 5.10 Å². The highest BCUT2D eigenvalue weighted by molar-refractivity contribution is 7.80. The molecule has 0 radical (unpaired) electrons. The molecular weight excluding hydrogens is 272 g/mol. The third kappa shape index (κ3) is 2.06. The molecule has 0 fully saturated rings. The molecule has 0 atom stereocenters. The number of aryl methyl sites for hydroxylation is 2. The summed E-state index contributed by atoms with van der Waals surface area (Å²) in [5.74, 6) is 0.657. The van der Waals surface area contributed by atoms with E-state index in [1.807, 2.05) is 26.8 Å². The topological polar surface area (TPSA) is 65.8 Å². The molecular formula is C14H18N4OS. The number of thiocarbonyl (C=S) groups is 1. The van der Waals surface area contributed by atoms with Crippen LogP contribution in [0.15, 0.2) is 10.9 Å². The second-order valence-electron chi connectivity index (χ2n) is 5.02. The summed E-state index contributed by atoms with van der Waals surface area (Å²) in [5, 5.41) is 4.32. The van der Waals surface area contributed by atoms with Crippen molar-refractivity contribution in [2.45, 2.75) is 20.8 Å². The number of hydrogen-bond acceptors (Lipinski definition) is 3. The summed E-state index contributed by atoms with van der Waals surface area (Å²) >= 11 is 5.08. The van der Waals surface area contributed by atoms with Gasteiger partial charge in [0.05, 0.1) is 0 Å². The number of nitrogens with two attached hydrogens (primary N) is 1. The van der Waals surface area contributed by atoms with E-state index >= 15 is 0 Å². The van der Waals surface area contributed by atoms with Crippen LogP contribution in [0.3, 0.4) is 0 Å². The molecule has 2 N–H and O–H groups in total. The number of nitrogens with zero attached hydrogens (tertiary/aromatic N) is 3. The van der Waals surface area contributed by atoms with Crippen molar-refractivity contribution in [2.75, 3.05) is 0 Å². The van der Waals surface area contributed by atoms with Gasteiger partial charge in [-0.2, -0.15) is 0 Å². The van der Waals surface area contributed by atoms with Crippen LogP contribution in [0.4, 0.5) is 0 Å². The van der Waals surface area contributed by atoms with Crippen molar-refractivity contribution in [3.05, 3.63) is 38.8 Å². The van der Waals surface area contributed by atoms with Crippen LogP contribution in [0.2, 0.25) is 0 Å². The predicted octanol–water partition coefficient (Wildman–Crippen LogP) is 1.35. The maximum absolute atomic E-state index is 11.9. The molecule has 0 aliphatic heterocycles. The molecule has 0 aliphatic carbocycles. The maximum atomic E-state index is 11.9. The van der Waals surface area contributed by atoms with Gasteiger partial charge in [0.15, 0.2) is 5.82 Å². The Kier molecular flexibility index (Phi) is 3.52. The van der Waals surface area contributed by atoms with Crippen LogP contribution in [0.25, 0.3) is 11.4 Å². The smallest absolute Gasteiger partial charge is 0.345 e. The van der Waals surface area contributed by atoms with Crippen LogP contribution >= 0.6 is 12.2 Å². The van der Waals surface area contributed by atoms with Crippen LogP contribution in [-0.4, -0.2) is 19.3 Å². The monoisotopic (exact) mass is 290 g/mol. The first-order valence-corrected chi connectivity index (χ1v) is 6.67. The third-order valence-electron chi connectivity index (χ3n) is 3.71. The van der Waals surface area contributed by atoms with Gasteiger partial charge >= 0.3 is 5.69 Å². The molecule has 0 spiro atoms. The first kappa shape index (κ1) is 14.5. The zero-order valence-electron chi connectivity index (χ0n) is 12.3. The molecule has 1 heterocycles. The van der Waals surface area contributed by atoms with Crippen molar-refractivity contribution in [3.63, 3.8) is 0 Å². The van der Waals surface area contributed by atoms with Crippen LogP contribution < -0.4 is 11.4 Å². The highest BCUT2D eigenvalue weighted by Crippen LogP contribution is 2.29. The highest BCUT2D eigenvalue weighted by atomic mass is 32.1. The van der Waals surface area contributed by atoms with Gasteiger partial charge in [-0.3, -0.25) is 4.57 Å². The largest absolute Gasteiger partial charge is 0.389 e. The molecule has 5 nitrogen and oxygen atoms in total. The lowest BCUT2D eigenvalue weighted by Gasteiger charge is -2.15. The quantitative estimate of drug-likeness (QED) is 0.848. The van der Waals surface area contributed by atoms with E-state index in [4.69, 9.17) is 18.0 Å². The average Bonchev–Trinajstić information content (AvgIpc) is 2.62. The SMILES string of the molecule is Cc1cc(C(N)=S)c(C)c(C)c1-c1nn(C)c(=O)n1C. The second-order valence-corrected chi connectivity index (χ2v) is 5.46. The summed E-state index contributed by atoms with van der Waals surface area (Å²) in [7, 11) is 3.37. The van der Waals surface area contributed by atoms with Crippen molar-refractivity contribution >= 4 is 17.2 Å². The molecule has 1 aromatic heterocycles. The first-order chi connectivity index (χ1) is 9.25.